The predicted octanol–water partition coefficient (Wildman–Crippen LogP) is -0.185. The molecule has 1 fully saturated rings. The molecule has 4 atom stereocenters. The number of rotatable bonds is 4. The zero-order valence-electron chi connectivity index (χ0n) is 8.53. The van der Waals surface area contributed by atoms with Crippen molar-refractivity contribution in [2.75, 3.05) is 7.11 Å². The van der Waals surface area contributed by atoms with Gasteiger partial charge in [-0.05, 0) is 12.5 Å². The van der Waals surface area contributed by atoms with Crippen LogP contribution in [0.1, 0.15) is 13.3 Å². The van der Waals surface area contributed by atoms with E-state index in [1.807, 2.05) is 0 Å². The van der Waals surface area contributed by atoms with Gasteiger partial charge in [-0.1, -0.05) is 6.92 Å². The van der Waals surface area contributed by atoms with E-state index in [4.69, 9.17) is 4.74 Å². The van der Waals surface area contributed by atoms with Crippen molar-refractivity contribution in [2.24, 2.45) is 0 Å². The van der Waals surface area contributed by atoms with Crippen LogP contribution in [0.2, 0.25) is 0 Å². The smallest absolute Gasteiger partial charge is 0.267 e. The number of hydrogen-bond acceptors (Lipinski definition) is 6. The first-order chi connectivity index (χ1) is 6.50. The van der Waals surface area contributed by atoms with Crippen molar-refractivity contribution in [1.29, 1.82) is 0 Å². The van der Waals surface area contributed by atoms with E-state index in [-0.39, 0.29) is 32.7 Å². The molecule has 1 aliphatic rings. The van der Waals surface area contributed by atoms with Gasteiger partial charge < -0.3 is 23.8 Å². The van der Waals surface area contributed by atoms with Crippen LogP contribution in [-0.4, -0.2) is 30.5 Å². The van der Waals surface area contributed by atoms with Gasteiger partial charge in [0.25, 0.3) is 7.82 Å². The van der Waals surface area contributed by atoms with Gasteiger partial charge in [0.1, 0.15) is 0 Å². The van der Waals surface area contributed by atoms with Crippen molar-refractivity contribution in [1.82, 2.24) is 0 Å². The fourth-order valence-corrected chi connectivity index (χ4v) is 1.85. The second kappa shape index (κ2) is 6.77. The molecule has 0 saturated carbocycles. The van der Waals surface area contributed by atoms with Gasteiger partial charge in [-0.3, -0.25) is 4.57 Å². The van der Waals surface area contributed by atoms with E-state index in [1.54, 1.807) is 6.92 Å². The second-order valence-corrected chi connectivity index (χ2v) is 4.38. The van der Waals surface area contributed by atoms with Crippen LogP contribution in [0, 0.1) is 6.61 Å². The molecule has 1 heterocycles. The van der Waals surface area contributed by atoms with Gasteiger partial charge >= 0.3 is 0 Å². The van der Waals surface area contributed by atoms with Crippen molar-refractivity contribution in [2.45, 2.75) is 31.7 Å². The van der Waals surface area contributed by atoms with Gasteiger partial charge in [0.05, 0.1) is 12.2 Å². The van der Waals surface area contributed by atoms with Crippen molar-refractivity contribution in [3.8, 4) is 0 Å². The molecule has 1 saturated heterocycles. The summed E-state index contributed by atoms with van der Waals surface area (Å²) < 4.78 is 24.7. The average Bonchev–Trinajstić information content (AvgIpc) is 2.48. The topological polar surface area (TPSA) is 88.0 Å². The molecule has 87 valence electrons. The molecule has 8 heteroatoms. The van der Waals surface area contributed by atoms with Crippen molar-refractivity contribution < 1.29 is 61.1 Å². The molecule has 1 N–H and O–H groups in total. The number of hydrogen-bond donors (Lipinski definition) is 1. The summed E-state index contributed by atoms with van der Waals surface area (Å²) in [5.41, 5.74) is 0. The Hall–Kier alpha value is 1.13. The number of aliphatic hydroxyl groups excluding tert-OH is 1. The molecule has 1 radical (unpaired) electrons. The first-order valence-corrected chi connectivity index (χ1v) is 5.68. The van der Waals surface area contributed by atoms with E-state index in [0.717, 1.165) is 13.7 Å². The fraction of sp³-hybridized carbons (Fsp3) is 0.857. The Morgan fingerprint density at radius 2 is 2.27 bits per heavy atom. The Balaban J connectivity index is 0.00000196. The van der Waals surface area contributed by atoms with Gasteiger partial charge in [-0.25, -0.2) is 0 Å². The van der Waals surface area contributed by atoms with E-state index >= 15 is 0 Å². The monoisotopic (exact) mass is 313 g/mol. The van der Waals surface area contributed by atoms with Crippen LogP contribution in [0.3, 0.4) is 0 Å². The van der Waals surface area contributed by atoms with Crippen LogP contribution < -0.4 is 4.89 Å². The van der Waals surface area contributed by atoms with Gasteiger partial charge in [0.2, 0.25) is 0 Å². The van der Waals surface area contributed by atoms with Crippen molar-refractivity contribution >= 4 is 7.82 Å². The Labute approximate surface area is 114 Å². The minimum atomic E-state index is -4.32. The standard InChI is InChI=1S/C7H14O6P.Y/c1-3-6-7(5(8)4-12-6)13-14(9,10)11-2;/h4-8H,3H2,1-2H3,(H,9,10);/q-1;/p-1/t5-,6+,7-;/m0./s1. The first kappa shape index (κ1) is 16.1. The molecule has 0 aliphatic carbocycles. The zero-order chi connectivity index (χ0) is 10.8. The summed E-state index contributed by atoms with van der Waals surface area (Å²) in [5, 5.41) is 9.33. The molecular weight excluding hydrogens is 300 g/mol. The van der Waals surface area contributed by atoms with E-state index in [0.29, 0.717) is 6.42 Å². The SMILES string of the molecule is CC[C@H]1O[CH-][C@H](O)[C@@H]1OP(=O)([O-])OC.[Y]. The van der Waals surface area contributed by atoms with Crippen LogP contribution in [-0.2, 0) is 51.1 Å². The predicted molar refractivity (Wildman–Crippen MR) is 45.0 cm³/mol. The van der Waals surface area contributed by atoms with Crippen molar-refractivity contribution in [3.05, 3.63) is 6.61 Å². The van der Waals surface area contributed by atoms with Gasteiger partial charge in [-0.15, -0.1) is 0 Å². The summed E-state index contributed by atoms with van der Waals surface area (Å²) in [6.45, 7) is 2.96. The van der Waals surface area contributed by atoms with Crippen LogP contribution in [0.4, 0.5) is 0 Å². The third kappa shape index (κ3) is 4.48. The molecule has 1 rings (SSSR count). The van der Waals surface area contributed by atoms with Crippen LogP contribution in [0.25, 0.3) is 0 Å². The Morgan fingerprint density at radius 1 is 1.67 bits per heavy atom. The van der Waals surface area contributed by atoms with Gasteiger partial charge in [0, 0.05) is 39.8 Å². The number of phosphoric acid groups is 1. The summed E-state index contributed by atoms with van der Waals surface area (Å²) in [6, 6.07) is 0. The normalized spacial score (nSPS) is 34.5. The maximum absolute atomic E-state index is 11.0. The third-order valence-corrected chi connectivity index (χ3v) is 2.92. The molecule has 6 nitrogen and oxygen atoms in total. The maximum atomic E-state index is 11.0. The average molecular weight is 313 g/mol. The number of phosphoric ester groups is 1. The van der Waals surface area contributed by atoms with Crippen molar-refractivity contribution in [3.63, 3.8) is 0 Å². The molecule has 0 aromatic carbocycles. The summed E-state index contributed by atoms with van der Waals surface area (Å²) in [4.78, 5) is 11.0. The Kier molecular flexibility index (Phi) is 7.28. The molecule has 0 spiro atoms. The van der Waals surface area contributed by atoms with E-state index in [2.05, 4.69) is 9.05 Å². The van der Waals surface area contributed by atoms with Gasteiger partial charge in [-0.2, -0.15) is 6.61 Å². The molecule has 0 aromatic heterocycles. The molecular formula is C7H13O6PY-2. The summed E-state index contributed by atoms with van der Waals surface area (Å²) in [5.74, 6) is 0. The quantitative estimate of drug-likeness (QED) is 0.572. The maximum Gasteiger partial charge on any atom is 0.267 e. The summed E-state index contributed by atoms with van der Waals surface area (Å²) >= 11 is 0. The largest absolute Gasteiger partial charge is 0.756 e. The molecule has 0 bridgehead atoms. The number of ether oxygens (including phenoxy) is 1. The Morgan fingerprint density at radius 3 is 2.73 bits per heavy atom. The van der Waals surface area contributed by atoms with Crippen LogP contribution in [0.5, 0.6) is 0 Å². The van der Waals surface area contributed by atoms with Gasteiger partial charge in [0.15, 0.2) is 0 Å². The summed E-state index contributed by atoms with van der Waals surface area (Å²) in [6.07, 6.45) is -1.87. The van der Waals surface area contributed by atoms with E-state index < -0.39 is 26.1 Å². The molecule has 0 amide bonds. The molecule has 1 unspecified atom stereocenters. The fourth-order valence-electron chi connectivity index (χ4n) is 1.21. The molecule has 1 aliphatic heterocycles. The van der Waals surface area contributed by atoms with Crippen LogP contribution in [0.15, 0.2) is 0 Å². The zero-order valence-corrected chi connectivity index (χ0v) is 12.3. The van der Waals surface area contributed by atoms with E-state index in [1.165, 1.54) is 0 Å². The number of aliphatic hydroxyl groups is 1. The van der Waals surface area contributed by atoms with E-state index in [9.17, 15) is 14.6 Å². The molecule has 0 aromatic rings. The first-order valence-electron chi connectivity index (χ1n) is 4.22. The van der Waals surface area contributed by atoms with Crippen LogP contribution >= 0.6 is 7.82 Å². The Bertz CT molecular complexity index is 238. The minimum Gasteiger partial charge on any atom is -0.756 e. The third-order valence-electron chi connectivity index (χ3n) is 1.97. The second-order valence-electron chi connectivity index (χ2n) is 2.91. The summed E-state index contributed by atoms with van der Waals surface area (Å²) in [7, 11) is -3.32. The minimum absolute atomic E-state index is 0. The molecule has 15 heavy (non-hydrogen) atoms.